The van der Waals surface area contributed by atoms with Crippen molar-refractivity contribution in [3.63, 3.8) is 0 Å². The van der Waals surface area contributed by atoms with Crippen LogP contribution in [0, 0.1) is 11.3 Å². The van der Waals surface area contributed by atoms with Crippen molar-refractivity contribution in [2.75, 3.05) is 5.32 Å². The number of rotatable bonds is 0. The van der Waals surface area contributed by atoms with Crippen LogP contribution in [0.5, 0.6) is 0 Å². The van der Waals surface area contributed by atoms with Crippen LogP contribution in [0.3, 0.4) is 0 Å². The van der Waals surface area contributed by atoms with Gasteiger partial charge < -0.3 is 5.32 Å². The molecule has 64 valence electrons. The molecule has 0 spiro atoms. The van der Waals surface area contributed by atoms with Crippen molar-refractivity contribution in [1.82, 2.24) is 0 Å². The zero-order chi connectivity index (χ0) is 9.26. The minimum atomic E-state index is 0.774. The smallest absolute Gasteiger partial charge is 0.0962 e. The lowest BCUT2D eigenvalue weighted by Gasteiger charge is -1.98. The van der Waals surface area contributed by atoms with Crippen molar-refractivity contribution in [3.05, 3.63) is 41.1 Å². The highest BCUT2D eigenvalue weighted by molar-refractivity contribution is 5.63. The topological polar surface area (TPSA) is 35.8 Å². The fraction of sp³-hybridized carbons (Fsp3) is 0.182. The molecular formula is C11H10N2. The number of hydrogen-bond acceptors (Lipinski definition) is 2. The normalized spacial score (nSPS) is 17.2. The number of benzene rings is 1. The molecule has 0 unspecified atom stereocenters. The van der Waals surface area contributed by atoms with E-state index in [9.17, 15) is 0 Å². The Kier molecular flexibility index (Phi) is 1.79. The lowest BCUT2D eigenvalue weighted by molar-refractivity contribution is 1.20. The third-order valence-electron chi connectivity index (χ3n) is 2.29. The van der Waals surface area contributed by atoms with E-state index in [2.05, 4.69) is 17.5 Å². The number of nitrogens with one attached hydrogen (secondary N) is 1. The van der Waals surface area contributed by atoms with Gasteiger partial charge in [0.2, 0.25) is 0 Å². The first-order valence-corrected chi connectivity index (χ1v) is 4.26. The Labute approximate surface area is 77.5 Å². The first-order chi connectivity index (χ1) is 6.31. The quantitative estimate of drug-likeness (QED) is 0.607. The third-order valence-corrected chi connectivity index (χ3v) is 2.29. The highest BCUT2D eigenvalue weighted by Gasteiger charge is 2.15. The number of allylic oxidation sites excluding steroid dienone is 2. The molecule has 1 aromatic rings. The Morgan fingerprint density at radius 2 is 2.23 bits per heavy atom. The summed E-state index contributed by atoms with van der Waals surface area (Å²) in [6, 6.07) is 10.3. The molecule has 1 heterocycles. The summed E-state index contributed by atoms with van der Waals surface area (Å²) >= 11 is 0. The molecule has 2 rings (SSSR count). The average molecular weight is 170 g/mol. The van der Waals surface area contributed by atoms with E-state index in [1.807, 2.05) is 25.1 Å². The van der Waals surface area contributed by atoms with Gasteiger partial charge in [-0.25, -0.2) is 0 Å². The van der Waals surface area contributed by atoms with Crippen LogP contribution in [0.4, 0.5) is 5.69 Å². The fourth-order valence-electron chi connectivity index (χ4n) is 1.49. The predicted molar refractivity (Wildman–Crippen MR) is 52.1 cm³/mol. The SMILES string of the molecule is C/C(C#N)=C1/Cc2ccccc2N1. The lowest BCUT2D eigenvalue weighted by Crippen LogP contribution is -1.94. The first kappa shape index (κ1) is 7.88. The van der Waals surface area contributed by atoms with Gasteiger partial charge >= 0.3 is 0 Å². The summed E-state index contributed by atoms with van der Waals surface area (Å²) in [5, 5.41) is 12.0. The van der Waals surface area contributed by atoms with Gasteiger partial charge in [0.1, 0.15) is 0 Å². The molecule has 0 aromatic heterocycles. The van der Waals surface area contributed by atoms with Crippen LogP contribution in [-0.4, -0.2) is 0 Å². The molecule has 0 radical (unpaired) electrons. The second kappa shape index (κ2) is 2.95. The third kappa shape index (κ3) is 1.29. The zero-order valence-electron chi connectivity index (χ0n) is 7.46. The number of nitrogens with zero attached hydrogens (tertiary/aromatic N) is 1. The summed E-state index contributed by atoms with van der Waals surface area (Å²) in [4.78, 5) is 0. The van der Waals surface area contributed by atoms with Gasteiger partial charge in [0.15, 0.2) is 0 Å². The largest absolute Gasteiger partial charge is 0.358 e. The van der Waals surface area contributed by atoms with Gasteiger partial charge in [0, 0.05) is 23.4 Å². The van der Waals surface area contributed by atoms with Gasteiger partial charge in [0.05, 0.1) is 6.07 Å². The molecule has 0 fully saturated rings. The second-order valence-corrected chi connectivity index (χ2v) is 3.17. The number of para-hydroxylation sites is 1. The molecule has 0 saturated carbocycles. The van der Waals surface area contributed by atoms with E-state index in [1.54, 1.807) is 0 Å². The number of fused-ring (bicyclic) bond motifs is 1. The molecule has 0 aliphatic carbocycles. The van der Waals surface area contributed by atoms with Crippen LogP contribution in [-0.2, 0) is 6.42 Å². The van der Waals surface area contributed by atoms with E-state index >= 15 is 0 Å². The van der Waals surface area contributed by atoms with Gasteiger partial charge in [-0.15, -0.1) is 0 Å². The molecular weight excluding hydrogens is 160 g/mol. The standard InChI is InChI=1S/C11H10N2/c1-8(7-12)11-6-9-4-2-3-5-10(9)13-11/h2-5,13H,6H2,1H3/b11-8+. The Hall–Kier alpha value is -1.75. The van der Waals surface area contributed by atoms with Crippen molar-refractivity contribution < 1.29 is 0 Å². The maximum Gasteiger partial charge on any atom is 0.0962 e. The first-order valence-electron chi connectivity index (χ1n) is 4.26. The molecule has 1 aliphatic heterocycles. The van der Waals surface area contributed by atoms with Crippen LogP contribution in [0.2, 0.25) is 0 Å². The summed E-state index contributed by atoms with van der Waals surface area (Å²) in [5.41, 5.74) is 4.21. The highest BCUT2D eigenvalue weighted by atomic mass is 14.9. The summed E-state index contributed by atoms with van der Waals surface area (Å²) in [7, 11) is 0. The Morgan fingerprint density at radius 1 is 1.46 bits per heavy atom. The van der Waals surface area contributed by atoms with Crippen LogP contribution >= 0.6 is 0 Å². The molecule has 13 heavy (non-hydrogen) atoms. The summed E-state index contributed by atoms with van der Waals surface area (Å²) in [5.74, 6) is 0. The molecule has 2 nitrogen and oxygen atoms in total. The van der Waals surface area contributed by atoms with E-state index < -0.39 is 0 Å². The zero-order valence-corrected chi connectivity index (χ0v) is 7.46. The molecule has 0 saturated heterocycles. The van der Waals surface area contributed by atoms with E-state index in [4.69, 9.17) is 5.26 Å². The van der Waals surface area contributed by atoms with Crippen molar-refractivity contribution in [3.8, 4) is 6.07 Å². The van der Waals surface area contributed by atoms with Gasteiger partial charge in [-0.05, 0) is 18.6 Å². The van der Waals surface area contributed by atoms with Gasteiger partial charge in [-0.1, -0.05) is 18.2 Å². The highest BCUT2D eigenvalue weighted by Crippen LogP contribution is 2.28. The number of anilines is 1. The van der Waals surface area contributed by atoms with E-state index in [0.717, 1.165) is 23.4 Å². The van der Waals surface area contributed by atoms with E-state index in [1.165, 1.54) is 5.56 Å². The van der Waals surface area contributed by atoms with Gasteiger partial charge in [-0.3, -0.25) is 0 Å². The lowest BCUT2D eigenvalue weighted by atomic mass is 10.1. The minimum absolute atomic E-state index is 0.774. The number of hydrogen-bond donors (Lipinski definition) is 1. The molecule has 2 heteroatoms. The van der Waals surface area contributed by atoms with Gasteiger partial charge in [-0.2, -0.15) is 5.26 Å². The molecule has 0 atom stereocenters. The Morgan fingerprint density at radius 3 is 2.92 bits per heavy atom. The molecule has 1 aromatic carbocycles. The molecule has 1 N–H and O–H groups in total. The van der Waals surface area contributed by atoms with Crippen molar-refractivity contribution in [1.29, 1.82) is 5.26 Å². The predicted octanol–water partition coefficient (Wildman–Crippen LogP) is 2.45. The molecule has 1 aliphatic rings. The summed E-state index contributed by atoms with van der Waals surface area (Å²) < 4.78 is 0. The minimum Gasteiger partial charge on any atom is -0.358 e. The van der Waals surface area contributed by atoms with E-state index in [0.29, 0.717) is 0 Å². The van der Waals surface area contributed by atoms with Crippen molar-refractivity contribution in [2.24, 2.45) is 0 Å². The monoisotopic (exact) mass is 170 g/mol. The molecule has 0 amide bonds. The maximum absolute atomic E-state index is 8.73. The fourth-order valence-corrected chi connectivity index (χ4v) is 1.49. The summed E-state index contributed by atoms with van der Waals surface area (Å²) in [6.45, 7) is 1.84. The van der Waals surface area contributed by atoms with E-state index in [-0.39, 0.29) is 0 Å². The van der Waals surface area contributed by atoms with Crippen molar-refractivity contribution in [2.45, 2.75) is 13.3 Å². The average Bonchev–Trinajstić information content (AvgIpc) is 2.59. The van der Waals surface area contributed by atoms with Crippen LogP contribution in [0.25, 0.3) is 0 Å². The van der Waals surface area contributed by atoms with Crippen LogP contribution in [0.15, 0.2) is 35.5 Å². The molecule has 0 bridgehead atoms. The Bertz CT molecular complexity index is 383. The van der Waals surface area contributed by atoms with Gasteiger partial charge in [0.25, 0.3) is 0 Å². The van der Waals surface area contributed by atoms with Crippen molar-refractivity contribution >= 4 is 5.69 Å². The van der Waals surface area contributed by atoms with Crippen LogP contribution < -0.4 is 5.32 Å². The van der Waals surface area contributed by atoms with Crippen LogP contribution in [0.1, 0.15) is 12.5 Å². The number of nitriles is 1. The maximum atomic E-state index is 8.73. The summed E-state index contributed by atoms with van der Waals surface area (Å²) in [6.07, 6.45) is 0.857. The Balaban J connectivity index is 2.39. The second-order valence-electron chi connectivity index (χ2n) is 3.17.